The fraction of sp³-hybridized carbons (Fsp3) is 0.483. The summed E-state index contributed by atoms with van der Waals surface area (Å²) in [7, 11) is 0. The smallest absolute Gasteiger partial charge is 0.226 e. The highest BCUT2D eigenvalue weighted by Crippen LogP contribution is 2.54. The minimum Gasteiger partial charge on any atom is -0.369 e. The number of piperidine rings is 1. The van der Waals surface area contributed by atoms with Crippen LogP contribution in [0, 0.1) is 11.8 Å². The van der Waals surface area contributed by atoms with Crippen molar-refractivity contribution in [1.29, 1.82) is 0 Å². The van der Waals surface area contributed by atoms with Gasteiger partial charge in [-0.15, -0.1) is 23.2 Å². The first-order valence-electron chi connectivity index (χ1n) is 12.8. The van der Waals surface area contributed by atoms with Gasteiger partial charge >= 0.3 is 0 Å². The number of halogens is 4. The van der Waals surface area contributed by atoms with E-state index in [9.17, 15) is 4.79 Å². The van der Waals surface area contributed by atoms with Gasteiger partial charge in [0.2, 0.25) is 5.91 Å². The molecule has 7 heteroatoms. The number of nitrogens with two attached hydrogens (primary N) is 1. The third-order valence-electron chi connectivity index (χ3n) is 7.86. The zero-order valence-corrected chi connectivity index (χ0v) is 23.6. The maximum absolute atomic E-state index is 12.6. The van der Waals surface area contributed by atoms with Gasteiger partial charge in [-0.3, -0.25) is 9.69 Å². The monoisotopic (exact) mass is 566 g/mol. The lowest BCUT2D eigenvalue weighted by molar-refractivity contribution is -0.122. The molecule has 1 heterocycles. The molecule has 0 saturated carbocycles. The molecular formula is C29H34Cl4N2O. The highest BCUT2D eigenvalue weighted by atomic mass is 35.5. The molecule has 1 aliphatic carbocycles. The third kappa shape index (κ3) is 5.61. The predicted octanol–water partition coefficient (Wildman–Crippen LogP) is 7.59. The van der Waals surface area contributed by atoms with Gasteiger partial charge in [0.1, 0.15) is 4.87 Å². The van der Waals surface area contributed by atoms with Crippen molar-refractivity contribution in [3.8, 4) is 0 Å². The Balaban J connectivity index is 1.70. The number of benzene rings is 2. The van der Waals surface area contributed by atoms with E-state index in [0.717, 1.165) is 50.8 Å². The average molecular weight is 568 g/mol. The van der Waals surface area contributed by atoms with Gasteiger partial charge in [0.05, 0.1) is 26.9 Å². The lowest BCUT2D eigenvalue weighted by Crippen LogP contribution is -2.65. The molecule has 2 aliphatic rings. The van der Waals surface area contributed by atoms with Crippen molar-refractivity contribution >= 4 is 52.3 Å². The molecule has 1 saturated heterocycles. The summed E-state index contributed by atoms with van der Waals surface area (Å²) in [5.41, 5.74) is 8.09. The molecule has 1 fully saturated rings. The maximum atomic E-state index is 12.6. The molecule has 2 aromatic rings. The zero-order chi connectivity index (χ0) is 25.9. The minimum absolute atomic E-state index is 0.350. The molecule has 1 aliphatic heterocycles. The molecule has 0 radical (unpaired) electrons. The number of rotatable bonds is 8. The Hall–Kier alpha value is -1.23. The predicted molar refractivity (Wildman–Crippen MR) is 152 cm³/mol. The van der Waals surface area contributed by atoms with Gasteiger partial charge in [0.25, 0.3) is 0 Å². The largest absolute Gasteiger partial charge is 0.369 e. The van der Waals surface area contributed by atoms with Crippen LogP contribution in [0.4, 0.5) is 0 Å². The Morgan fingerprint density at radius 1 is 1.06 bits per heavy atom. The van der Waals surface area contributed by atoms with Crippen molar-refractivity contribution in [1.82, 2.24) is 4.90 Å². The number of primary amides is 1. The van der Waals surface area contributed by atoms with Crippen molar-refractivity contribution < 1.29 is 4.79 Å². The molecule has 4 rings (SSSR count). The number of unbranched alkanes of at least 4 members (excludes halogenated alkanes) is 1. The number of nitrogens with zero attached hydrogens (tertiary/aromatic N) is 1. The van der Waals surface area contributed by atoms with Crippen molar-refractivity contribution in [2.45, 2.75) is 61.2 Å². The minimum atomic E-state index is -0.984. The van der Waals surface area contributed by atoms with Gasteiger partial charge in [-0.2, -0.15) is 0 Å². The van der Waals surface area contributed by atoms with Gasteiger partial charge in [-0.05, 0) is 68.0 Å². The van der Waals surface area contributed by atoms with Gasteiger partial charge in [-0.1, -0.05) is 91.5 Å². The van der Waals surface area contributed by atoms with Gasteiger partial charge in [0.15, 0.2) is 0 Å². The van der Waals surface area contributed by atoms with E-state index >= 15 is 0 Å². The van der Waals surface area contributed by atoms with Crippen LogP contribution in [-0.4, -0.2) is 34.8 Å². The lowest BCUT2D eigenvalue weighted by Gasteiger charge is -2.55. The summed E-state index contributed by atoms with van der Waals surface area (Å²) in [6.07, 6.45) is 9.29. The first-order chi connectivity index (χ1) is 17.2. The van der Waals surface area contributed by atoms with E-state index in [4.69, 9.17) is 52.1 Å². The molecule has 36 heavy (non-hydrogen) atoms. The molecule has 2 N–H and O–H groups in total. The van der Waals surface area contributed by atoms with Crippen molar-refractivity contribution in [3.63, 3.8) is 0 Å². The van der Waals surface area contributed by atoms with E-state index in [2.05, 4.69) is 42.2 Å². The second-order valence-corrected chi connectivity index (χ2v) is 12.4. The number of likely N-dealkylation sites (tertiary alicyclic amines) is 1. The van der Waals surface area contributed by atoms with E-state index in [1.54, 1.807) is 12.1 Å². The molecule has 1 amide bonds. The van der Waals surface area contributed by atoms with E-state index in [1.165, 1.54) is 5.56 Å². The molecule has 0 bridgehead atoms. The molecule has 0 spiro atoms. The van der Waals surface area contributed by atoms with Crippen LogP contribution in [-0.2, 0) is 16.1 Å². The van der Waals surface area contributed by atoms with E-state index < -0.39 is 21.6 Å². The number of carbonyl (C=O) groups excluding carboxylic acids is 1. The summed E-state index contributed by atoms with van der Waals surface area (Å²) >= 11 is 27.8. The first-order valence-corrected chi connectivity index (χ1v) is 14.3. The van der Waals surface area contributed by atoms with Gasteiger partial charge in [0, 0.05) is 0 Å². The van der Waals surface area contributed by atoms with E-state index in [1.807, 2.05) is 18.2 Å². The maximum Gasteiger partial charge on any atom is 0.226 e. The van der Waals surface area contributed by atoms with Crippen LogP contribution < -0.4 is 5.73 Å². The van der Waals surface area contributed by atoms with Gasteiger partial charge in [-0.25, -0.2) is 0 Å². The highest BCUT2D eigenvalue weighted by molar-refractivity contribution is 6.42. The summed E-state index contributed by atoms with van der Waals surface area (Å²) in [6.45, 7) is 3.81. The molecule has 194 valence electrons. The molecule has 2 aromatic carbocycles. The lowest BCUT2D eigenvalue weighted by atomic mass is 9.68. The standard InChI is InChI=1S/C29H34Cl4N2O/c1-2-3-14-29(33)23(26(34)36)11-15-28(32,22-9-10-24(30)25(31)19-22)27(29)35-16-12-21(13-17-35)18-20-7-5-4-6-8-20/h4-11,15,19,21,23,27H,2-3,12-14,16-18H2,1H3,(H2,34,36). The molecule has 3 nitrogen and oxygen atoms in total. The fourth-order valence-corrected chi connectivity index (χ4v) is 7.50. The van der Waals surface area contributed by atoms with Gasteiger partial charge < -0.3 is 5.73 Å². The zero-order valence-electron chi connectivity index (χ0n) is 20.6. The average Bonchev–Trinajstić information content (AvgIpc) is 2.86. The summed E-state index contributed by atoms with van der Waals surface area (Å²) < 4.78 is 0. The quantitative estimate of drug-likeness (QED) is 0.264. The highest BCUT2D eigenvalue weighted by Gasteiger charge is 2.58. The fourth-order valence-electron chi connectivity index (χ4n) is 6.00. The van der Waals surface area contributed by atoms with Crippen LogP contribution in [0.1, 0.15) is 50.2 Å². The second-order valence-electron chi connectivity index (χ2n) is 10.2. The third-order valence-corrected chi connectivity index (χ3v) is 9.79. The summed E-state index contributed by atoms with van der Waals surface area (Å²) in [4.78, 5) is 13.1. The van der Waals surface area contributed by atoms with Crippen LogP contribution in [0.15, 0.2) is 60.7 Å². The molecular weight excluding hydrogens is 534 g/mol. The number of amides is 1. The Labute approximate surface area is 234 Å². The molecule has 4 unspecified atom stereocenters. The number of carbonyl (C=O) groups is 1. The Morgan fingerprint density at radius 2 is 1.75 bits per heavy atom. The van der Waals surface area contributed by atoms with Crippen molar-refractivity contribution in [3.05, 3.63) is 81.9 Å². The van der Waals surface area contributed by atoms with Crippen LogP contribution in [0.3, 0.4) is 0 Å². The van der Waals surface area contributed by atoms with Crippen molar-refractivity contribution in [2.24, 2.45) is 17.6 Å². The number of hydrogen-bond acceptors (Lipinski definition) is 2. The van der Waals surface area contributed by atoms with Crippen LogP contribution >= 0.6 is 46.4 Å². The summed E-state index contributed by atoms with van der Waals surface area (Å²) in [5.74, 6) is -0.452. The second kappa shape index (κ2) is 11.7. The van der Waals surface area contributed by atoms with E-state index in [-0.39, 0.29) is 6.04 Å². The Bertz CT molecular complexity index is 1090. The SMILES string of the molecule is CCCCC1(Cl)C(C(N)=O)C=CC(Cl)(c2ccc(Cl)c(Cl)c2)C1N1CCC(Cc2ccccc2)CC1. The van der Waals surface area contributed by atoms with E-state index in [0.29, 0.717) is 22.4 Å². The Morgan fingerprint density at radius 3 is 2.36 bits per heavy atom. The van der Waals surface area contributed by atoms with Crippen LogP contribution in [0.25, 0.3) is 0 Å². The van der Waals surface area contributed by atoms with Crippen molar-refractivity contribution in [2.75, 3.05) is 13.1 Å². The first kappa shape index (κ1) is 27.8. The summed E-state index contributed by atoms with van der Waals surface area (Å²) in [5, 5.41) is 0.908. The summed E-state index contributed by atoms with van der Waals surface area (Å²) in [6, 6.07) is 15.8. The Kier molecular flexibility index (Phi) is 9.00. The topological polar surface area (TPSA) is 46.3 Å². The number of hydrogen-bond donors (Lipinski definition) is 1. The molecule has 4 atom stereocenters. The molecule has 0 aromatic heterocycles. The normalized spacial score (nSPS) is 29.4. The van der Waals surface area contributed by atoms with Crippen LogP contribution in [0.2, 0.25) is 10.0 Å². The van der Waals surface area contributed by atoms with Crippen LogP contribution in [0.5, 0.6) is 0 Å². The number of alkyl halides is 2.